The van der Waals surface area contributed by atoms with Crippen molar-refractivity contribution in [2.24, 2.45) is 11.8 Å². The Kier molecular flexibility index (Phi) is 5.00. The molecule has 20 heavy (non-hydrogen) atoms. The van der Waals surface area contributed by atoms with Gasteiger partial charge in [0.2, 0.25) is 0 Å². The average molecular weight is 280 g/mol. The van der Waals surface area contributed by atoms with Crippen LogP contribution in [0.1, 0.15) is 52.4 Å². The second-order valence-corrected chi connectivity index (χ2v) is 7.58. The fourth-order valence-corrected chi connectivity index (χ4v) is 4.00. The topological polar surface area (TPSA) is 24.5 Å². The van der Waals surface area contributed by atoms with Gasteiger partial charge in [-0.05, 0) is 50.4 Å². The molecule has 0 spiro atoms. The maximum Gasteiger partial charge on any atom is 0.0702 e. The van der Waals surface area contributed by atoms with E-state index in [2.05, 4.69) is 24.1 Å². The lowest BCUT2D eigenvalue weighted by Crippen LogP contribution is -2.59. The lowest BCUT2D eigenvalue weighted by Gasteiger charge is -2.43. The van der Waals surface area contributed by atoms with E-state index in [1.165, 1.54) is 58.2 Å². The van der Waals surface area contributed by atoms with Crippen LogP contribution < -0.4 is 5.32 Å². The van der Waals surface area contributed by atoms with Crippen LogP contribution in [-0.4, -0.2) is 49.3 Å². The highest BCUT2D eigenvalue weighted by atomic mass is 16.5. The van der Waals surface area contributed by atoms with Gasteiger partial charge in [0.15, 0.2) is 0 Å². The van der Waals surface area contributed by atoms with Crippen molar-refractivity contribution in [3.05, 3.63) is 0 Å². The van der Waals surface area contributed by atoms with E-state index in [9.17, 15) is 0 Å². The molecule has 3 unspecified atom stereocenters. The van der Waals surface area contributed by atoms with Gasteiger partial charge in [-0.15, -0.1) is 0 Å². The van der Waals surface area contributed by atoms with Crippen LogP contribution in [-0.2, 0) is 4.74 Å². The minimum atomic E-state index is 0.503. The first-order valence-corrected chi connectivity index (χ1v) is 8.81. The first-order chi connectivity index (χ1) is 9.72. The molecule has 3 nitrogen and oxygen atoms in total. The standard InChI is InChI=1S/C17H32N2O/c1-13(2)9-15-11-19(12-16-5-3-4-8-20-16)17(10-18-15)14-6-7-14/h13-18H,3-12H2,1-2H3. The maximum atomic E-state index is 5.98. The average Bonchev–Trinajstić information content (AvgIpc) is 3.24. The number of hydrogen-bond donors (Lipinski definition) is 1. The Labute approximate surface area is 124 Å². The van der Waals surface area contributed by atoms with Crippen molar-refractivity contribution < 1.29 is 4.74 Å². The normalized spacial score (nSPS) is 36.5. The molecule has 3 heteroatoms. The van der Waals surface area contributed by atoms with E-state index in [0.717, 1.165) is 24.5 Å². The molecule has 0 aromatic heterocycles. The van der Waals surface area contributed by atoms with Gasteiger partial charge in [0, 0.05) is 38.3 Å². The molecule has 0 radical (unpaired) electrons. The van der Waals surface area contributed by atoms with E-state index in [1.54, 1.807) is 0 Å². The SMILES string of the molecule is CC(C)CC1CN(CC2CCCCO2)C(C2CC2)CN1. The summed E-state index contributed by atoms with van der Waals surface area (Å²) >= 11 is 0. The highest BCUT2D eigenvalue weighted by molar-refractivity contribution is 4.96. The Morgan fingerprint density at radius 1 is 1.20 bits per heavy atom. The van der Waals surface area contributed by atoms with Crippen molar-refractivity contribution in [1.29, 1.82) is 0 Å². The van der Waals surface area contributed by atoms with E-state index in [0.29, 0.717) is 12.1 Å². The minimum Gasteiger partial charge on any atom is -0.377 e. The highest BCUT2D eigenvalue weighted by Gasteiger charge is 2.39. The Bertz CT molecular complexity index is 297. The molecule has 3 atom stereocenters. The van der Waals surface area contributed by atoms with Crippen molar-refractivity contribution in [3.63, 3.8) is 0 Å². The summed E-state index contributed by atoms with van der Waals surface area (Å²) in [6, 6.07) is 1.47. The molecule has 2 heterocycles. The summed E-state index contributed by atoms with van der Waals surface area (Å²) in [5, 5.41) is 3.81. The van der Waals surface area contributed by atoms with Crippen LogP contribution in [0, 0.1) is 11.8 Å². The minimum absolute atomic E-state index is 0.503. The zero-order valence-electron chi connectivity index (χ0n) is 13.3. The largest absolute Gasteiger partial charge is 0.377 e. The van der Waals surface area contributed by atoms with Crippen molar-refractivity contribution in [3.8, 4) is 0 Å². The molecule has 3 rings (SSSR count). The third-order valence-electron chi connectivity index (χ3n) is 5.17. The van der Waals surface area contributed by atoms with Crippen LogP contribution in [0.3, 0.4) is 0 Å². The fraction of sp³-hybridized carbons (Fsp3) is 1.00. The second kappa shape index (κ2) is 6.76. The zero-order valence-corrected chi connectivity index (χ0v) is 13.3. The maximum absolute atomic E-state index is 5.98. The van der Waals surface area contributed by atoms with E-state index in [-0.39, 0.29) is 0 Å². The van der Waals surface area contributed by atoms with Gasteiger partial charge >= 0.3 is 0 Å². The molecule has 1 N–H and O–H groups in total. The summed E-state index contributed by atoms with van der Waals surface area (Å²) in [7, 11) is 0. The van der Waals surface area contributed by atoms with E-state index in [1.807, 2.05) is 0 Å². The first-order valence-electron chi connectivity index (χ1n) is 8.81. The van der Waals surface area contributed by atoms with Gasteiger partial charge in [0.25, 0.3) is 0 Å². The quantitative estimate of drug-likeness (QED) is 0.838. The molecule has 116 valence electrons. The van der Waals surface area contributed by atoms with Crippen LogP contribution in [0.15, 0.2) is 0 Å². The predicted octanol–water partition coefficient (Wildman–Crippen LogP) is 2.65. The van der Waals surface area contributed by atoms with Crippen molar-refractivity contribution in [2.45, 2.75) is 70.6 Å². The summed E-state index contributed by atoms with van der Waals surface area (Å²) in [6.07, 6.45) is 8.60. The number of nitrogens with one attached hydrogen (secondary N) is 1. The Morgan fingerprint density at radius 3 is 2.70 bits per heavy atom. The third kappa shape index (κ3) is 3.96. The molecule has 0 aromatic carbocycles. The van der Waals surface area contributed by atoms with Crippen LogP contribution in [0.2, 0.25) is 0 Å². The lowest BCUT2D eigenvalue weighted by molar-refractivity contribution is -0.0246. The Hall–Kier alpha value is -0.120. The number of nitrogens with zero attached hydrogens (tertiary/aromatic N) is 1. The molecule has 2 aliphatic heterocycles. The summed E-state index contributed by atoms with van der Waals surface area (Å²) < 4.78 is 5.98. The number of piperazine rings is 1. The van der Waals surface area contributed by atoms with Crippen LogP contribution >= 0.6 is 0 Å². The number of hydrogen-bond acceptors (Lipinski definition) is 3. The third-order valence-corrected chi connectivity index (χ3v) is 5.17. The fourth-order valence-electron chi connectivity index (χ4n) is 4.00. The van der Waals surface area contributed by atoms with Gasteiger partial charge in [-0.2, -0.15) is 0 Å². The van der Waals surface area contributed by atoms with Crippen LogP contribution in [0.4, 0.5) is 0 Å². The van der Waals surface area contributed by atoms with Crippen LogP contribution in [0.25, 0.3) is 0 Å². The monoisotopic (exact) mass is 280 g/mol. The number of ether oxygens (including phenoxy) is 1. The van der Waals surface area contributed by atoms with Crippen molar-refractivity contribution in [1.82, 2.24) is 10.2 Å². The summed E-state index contributed by atoms with van der Waals surface area (Å²) in [5.41, 5.74) is 0. The molecule has 0 aromatic rings. The molecule has 2 saturated heterocycles. The van der Waals surface area contributed by atoms with E-state index in [4.69, 9.17) is 4.74 Å². The lowest BCUT2D eigenvalue weighted by atomic mass is 9.97. The number of rotatable bonds is 5. The second-order valence-electron chi connectivity index (χ2n) is 7.58. The zero-order chi connectivity index (χ0) is 13.9. The molecule has 3 fully saturated rings. The molecule has 0 amide bonds. The Balaban J connectivity index is 1.56. The van der Waals surface area contributed by atoms with Gasteiger partial charge in [0.1, 0.15) is 0 Å². The molecular formula is C17H32N2O. The van der Waals surface area contributed by atoms with E-state index < -0.39 is 0 Å². The molecule has 1 aliphatic carbocycles. The Morgan fingerprint density at radius 2 is 2.05 bits per heavy atom. The van der Waals surface area contributed by atoms with Crippen molar-refractivity contribution in [2.75, 3.05) is 26.2 Å². The summed E-state index contributed by atoms with van der Waals surface area (Å²) in [6.45, 7) is 9.28. The molecule has 3 aliphatic rings. The first kappa shape index (κ1) is 14.8. The van der Waals surface area contributed by atoms with Crippen LogP contribution in [0.5, 0.6) is 0 Å². The summed E-state index contributed by atoms with van der Waals surface area (Å²) in [4.78, 5) is 2.78. The highest BCUT2D eigenvalue weighted by Crippen LogP contribution is 2.37. The van der Waals surface area contributed by atoms with Gasteiger partial charge in [0.05, 0.1) is 6.10 Å². The molecule has 1 saturated carbocycles. The van der Waals surface area contributed by atoms with Gasteiger partial charge < -0.3 is 10.1 Å². The molecular weight excluding hydrogens is 248 g/mol. The molecule has 0 bridgehead atoms. The predicted molar refractivity (Wildman–Crippen MR) is 82.9 cm³/mol. The van der Waals surface area contributed by atoms with Gasteiger partial charge in [-0.3, -0.25) is 4.90 Å². The smallest absolute Gasteiger partial charge is 0.0702 e. The van der Waals surface area contributed by atoms with Gasteiger partial charge in [-0.1, -0.05) is 13.8 Å². The van der Waals surface area contributed by atoms with Gasteiger partial charge in [-0.25, -0.2) is 0 Å². The van der Waals surface area contributed by atoms with Crippen molar-refractivity contribution >= 4 is 0 Å². The summed E-state index contributed by atoms with van der Waals surface area (Å²) in [5.74, 6) is 1.75. The van der Waals surface area contributed by atoms with E-state index >= 15 is 0 Å².